The second-order valence-electron chi connectivity index (χ2n) is 14.4. The first-order chi connectivity index (χ1) is 24.5. The molecule has 0 unspecified atom stereocenters. The van der Waals surface area contributed by atoms with Crippen molar-refractivity contribution < 1.29 is 4.42 Å². The molecule has 0 radical (unpaired) electrons. The fourth-order valence-corrected chi connectivity index (χ4v) is 8.43. The van der Waals surface area contributed by atoms with Crippen molar-refractivity contribution in [2.45, 2.75) is 26.3 Å². The summed E-state index contributed by atoms with van der Waals surface area (Å²) in [6, 6.07) is 57.2. The first-order valence-corrected chi connectivity index (χ1v) is 17.4. The summed E-state index contributed by atoms with van der Waals surface area (Å²) in [7, 11) is 0. The lowest BCUT2D eigenvalue weighted by Gasteiger charge is -2.26. The monoisotopic (exact) mass is 641 g/mol. The molecule has 2 nitrogen and oxygen atoms in total. The number of aromatic nitrogens is 1. The van der Waals surface area contributed by atoms with Crippen molar-refractivity contribution in [3.8, 4) is 33.4 Å². The topological polar surface area (TPSA) is 18.1 Å². The summed E-state index contributed by atoms with van der Waals surface area (Å²) in [5.41, 5.74) is 11.3. The van der Waals surface area contributed by atoms with Gasteiger partial charge in [-0.15, -0.1) is 0 Å². The molecule has 0 aliphatic heterocycles. The molecule has 10 rings (SSSR count). The van der Waals surface area contributed by atoms with Crippen LogP contribution in [0.15, 0.2) is 162 Å². The molecule has 10 aromatic rings. The molecule has 0 amide bonds. The maximum absolute atomic E-state index is 7.03. The van der Waals surface area contributed by atoms with Crippen molar-refractivity contribution in [2.24, 2.45) is 0 Å². The van der Waals surface area contributed by atoms with Gasteiger partial charge in [0.25, 0.3) is 0 Å². The second-order valence-corrected chi connectivity index (χ2v) is 14.4. The fraction of sp³-hybridized carbons (Fsp3) is 0.0833. The standard InChI is InChI=1S/C48H35NO/c1-48(2,3)49-40-25-14-22-34(31-16-5-4-6-17-31)43(40)38-23-13-24-39(46(38)49)44-36-20-10-9-19-35(36)42(33-28-27-30-15-7-8-18-32(30)29-33)45-37-21-11-12-26-41(37)50-47(44)45/h4-29H,1-3H3. The van der Waals surface area contributed by atoms with Gasteiger partial charge in [0.2, 0.25) is 0 Å². The molecule has 0 atom stereocenters. The minimum absolute atomic E-state index is 0.195. The van der Waals surface area contributed by atoms with Crippen molar-refractivity contribution in [3.05, 3.63) is 158 Å². The van der Waals surface area contributed by atoms with E-state index in [-0.39, 0.29) is 5.54 Å². The Balaban J connectivity index is 1.40. The Kier molecular flexibility index (Phi) is 6.17. The third-order valence-corrected chi connectivity index (χ3v) is 10.4. The molecule has 0 aliphatic rings. The van der Waals surface area contributed by atoms with Gasteiger partial charge in [0.1, 0.15) is 11.2 Å². The van der Waals surface area contributed by atoms with E-state index in [0.29, 0.717) is 0 Å². The lowest BCUT2D eigenvalue weighted by atomic mass is 9.87. The minimum Gasteiger partial charge on any atom is -0.455 e. The average molecular weight is 642 g/mol. The molecule has 0 spiro atoms. The van der Waals surface area contributed by atoms with Crippen molar-refractivity contribution in [3.63, 3.8) is 0 Å². The summed E-state index contributed by atoms with van der Waals surface area (Å²) in [5.74, 6) is 0. The molecule has 2 aromatic heterocycles. The zero-order chi connectivity index (χ0) is 33.6. The molecule has 50 heavy (non-hydrogen) atoms. The van der Waals surface area contributed by atoms with Crippen LogP contribution in [0.3, 0.4) is 0 Å². The number of fused-ring (bicyclic) bond motifs is 8. The average Bonchev–Trinajstić information content (AvgIpc) is 3.71. The molecular weight excluding hydrogens is 607 g/mol. The number of furan rings is 1. The summed E-state index contributed by atoms with van der Waals surface area (Å²) in [4.78, 5) is 0. The molecular formula is C48H35NO. The van der Waals surface area contributed by atoms with Crippen LogP contribution in [-0.2, 0) is 5.54 Å². The molecule has 0 bridgehead atoms. The summed E-state index contributed by atoms with van der Waals surface area (Å²) >= 11 is 0. The van der Waals surface area contributed by atoms with E-state index in [9.17, 15) is 0 Å². The largest absolute Gasteiger partial charge is 0.455 e. The molecule has 0 N–H and O–H groups in total. The van der Waals surface area contributed by atoms with Crippen LogP contribution in [0.5, 0.6) is 0 Å². The van der Waals surface area contributed by atoms with Crippen LogP contribution >= 0.6 is 0 Å². The molecule has 0 saturated heterocycles. The molecule has 0 fully saturated rings. The van der Waals surface area contributed by atoms with Gasteiger partial charge in [0.15, 0.2) is 0 Å². The van der Waals surface area contributed by atoms with E-state index < -0.39 is 0 Å². The molecule has 8 aromatic carbocycles. The van der Waals surface area contributed by atoms with Crippen molar-refractivity contribution >= 4 is 65.3 Å². The second kappa shape index (κ2) is 10.7. The number of hydrogen-bond acceptors (Lipinski definition) is 1. The maximum atomic E-state index is 7.03. The summed E-state index contributed by atoms with van der Waals surface area (Å²) in [6.45, 7) is 6.95. The van der Waals surface area contributed by atoms with Gasteiger partial charge >= 0.3 is 0 Å². The molecule has 2 heterocycles. The van der Waals surface area contributed by atoms with Crippen LogP contribution < -0.4 is 0 Å². The first-order valence-electron chi connectivity index (χ1n) is 17.4. The molecule has 0 aliphatic carbocycles. The lowest BCUT2D eigenvalue weighted by Crippen LogP contribution is -2.21. The summed E-state index contributed by atoms with van der Waals surface area (Å²) in [6.07, 6.45) is 0. The van der Waals surface area contributed by atoms with Crippen LogP contribution in [0.2, 0.25) is 0 Å². The highest BCUT2D eigenvalue weighted by Gasteiger charge is 2.28. The summed E-state index contributed by atoms with van der Waals surface area (Å²) < 4.78 is 9.58. The molecule has 0 saturated carbocycles. The zero-order valence-electron chi connectivity index (χ0n) is 28.4. The van der Waals surface area contributed by atoms with Crippen LogP contribution in [0.25, 0.3) is 98.7 Å². The van der Waals surface area contributed by atoms with Gasteiger partial charge in [-0.2, -0.15) is 0 Å². The lowest BCUT2D eigenvalue weighted by molar-refractivity contribution is 0.423. The quantitative estimate of drug-likeness (QED) is 0.188. The fourth-order valence-electron chi connectivity index (χ4n) is 8.43. The van der Waals surface area contributed by atoms with Gasteiger partial charge in [0, 0.05) is 43.8 Å². The predicted octanol–water partition coefficient (Wildman–Crippen LogP) is 13.8. The van der Waals surface area contributed by atoms with Crippen LogP contribution in [0, 0.1) is 0 Å². The number of rotatable bonds is 3. The van der Waals surface area contributed by atoms with Crippen LogP contribution in [-0.4, -0.2) is 4.57 Å². The van der Waals surface area contributed by atoms with Crippen LogP contribution in [0.4, 0.5) is 0 Å². The maximum Gasteiger partial charge on any atom is 0.144 e. The van der Waals surface area contributed by atoms with Crippen molar-refractivity contribution in [1.82, 2.24) is 4.57 Å². The van der Waals surface area contributed by atoms with E-state index >= 15 is 0 Å². The highest BCUT2D eigenvalue weighted by Crippen LogP contribution is 2.51. The Hall–Kier alpha value is -6.12. The van der Waals surface area contributed by atoms with Gasteiger partial charge < -0.3 is 8.98 Å². The van der Waals surface area contributed by atoms with E-state index in [1.165, 1.54) is 71.2 Å². The highest BCUT2D eigenvalue weighted by atomic mass is 16.3. The number of hydrogen-bond donors (Lipinski definition) is 0. The Bertz CT molecular complexity index is 2950. The molecule has 2 heteroatoms. The van der Waals surface area contributed by atoms with Crippen molar-refractivity contribution in [2.75, 3.05) is 0 Å². The number of para-hydroxylation sites is 2. The van der Waals surface area contributed by atoms with E-state index in [2.05, 4.69) is 183 Å². The number of nitrogens with zero attached hydrogens (tertiary/aromatic N) is 1. The predicted molar refractivity (Wildman–Crippen MR) is 213 cm³/mol. The van der Waals surface area contributed by atoms with Gasteiger partial charge in [-0.25, -0.2) is 0 Å². The first kappa shape index (κ1) is 28.9. The third kappa shape index (κ3) is 4.15. The Morgan fingerprint density at radius 3 is 1.90 bits per heavy atom. The smallest absolute Gasteiger partial charge is 0.144 e. The molecule has 238 valence electrons. The zero-order valence-corrected chi connectivity index (χ0v) is 28.4. The Labute approximate surface area is 290 Å². The van der Waals surface area contributed by atoms with E-state index in [1.54, 1.807) is 0 Å². The summed E-state index contributed by atoms with van der Waals surface area (Å²) in [5, 5.41) is 9.69. The van der Waals surface area contributed by atoms with Gasteiger partial charge in [-0.1, -0.05) is 140 Å². The Morgan fingerprint density at radius 1 is 0.460 bits per heavy atom. The van der Waals surface area contributed by atoms with E-state index in [1.807, 2.05) is 0 Å². The van der Waals surface area contributed by atoms with E-state index in [4.69, 9.17) is 4.42 Å². The minimum atomic E-state index is -0.195. The van der Waals surface area contributed by atoms with Crippen molar-refractivity contribution in [1.29, 1.82) is 0 Å². The number of benzene rings is 8. The van der Waals surface area contributed by atoms with Gasteiger partial charge in [-0.05, 0) is 77.2 Å². The van der Waals surface area contributed by atoms with E-state index in [0.717, 1.165) is 27.5 Å². The SMILES string of the molecule is CC(C)(C)n1c2cccc(-c3ccccc3)c2c2cccc(-c3c4ccccc4c(-c4ccc5ccccc5c4)c4c3oc3ccccc34)c21. The highest BCUT2D eigenvalue weighted by molar-refractivity contribution is 6.29. The normalized spacial score (nSPS) is 12.3. The third-order valence-electron chi connectivity index (χ3n) is 10.4. The van der Waals surface area contributed by atoms with Crippen LogP contribution in [0.1, 0.15) is 20.8 Å². The van der Waals surface area contributed by atoms with Gasteiger partial charge in [-0.3, -0.25) is 0 Å². The Morgan fingerprint density at radius 2 is 1.10 bits per heavy atom. The van der Waals surface area contributed by atoms with Gasteiger partial charge in [0.05, 0.1) is 11.0 Å².